The van der Waals surface area contributed by atoms with Gasteiger partial charge in [-0.15, -0.1) is 0 Å². The van der Waals surface area contributed by atoms with Crippen LogP contribution in [0.1, 0.15) is 20.3 Å². The van der Waals surface area contributed by atoms with E-state index >= 15 is 0 Å². The van der Waals surface area contributed by atoms with Gasteiger partial charge < -0.3 is 9.67 Å². The van der Waals surface area contributed by atoms with E-state index in [4.69, 9.17) is 0 Å². The van der Waals surface area contributed by atoms with Crippen molar-refractivity contribution in [1.82, 2.24) is 0 Å². The van der Waals surface area contributed by atoms with E-state index in [9.17, 15) is 9.67 Å². The van der Waals surface area contributed by atoms with Gasteiger partial charge in [0.2, 0.25) is 0 Å². The van der Waals surface area contributed by atoms with E-state index in [1.54, 1.807) is 6.92 Å². The van der Waals surface area contributed by atoms with Crippen LogP contribution in [0.5, 0.6) is 0 Å². The van der Waals surface area contributed by atoms with Crippen molar-refractivity contribution in [2.45, 2.75) is 32.0 Å². The number of hydrogen-bond acceptors (Lipinski definition) is 2. The van der Waals surface area contributed by atoms with Crippen LogP contribution in [0.25, 0.3) is 0 Å². The summed E-state index contributed by atoms with van der Waals surface area (Å²) >= 11 is 0. The molecule has 2 atom stereocenters. The molecule has 0 fully saturated rings. The fraction of sp³-hybridized carbons (Fsp3) is 0.294. The maximum absolute atomic E-state index is 13.8. The fourth-order valence-electron chi connectivity index (χ4n) is 2.73. The maximum atomic E-state index is 13.8. The summed E-state index contributed by atoms with van der Waals surface area (Å²) in [4.78, 5) is 0. The Morgan fingerprint density at radius 1 is 0.950 bits per heavy atom. The van der Waals surface area contributed by atoms with Crippen molar-refractivity contribution in [2.24, 2.45) is 0 Å². The molecule has 2 aromatic rings. The molecular formula is C17H21O2P. The molecule has 0 aliphatic carbocycles. The van der Waals surface area contributed by atoms with E-state index in [0.29, 0.717) is 6.42 Å². The molecule has 0 saturated heterocycles. The molecule has 0 radical (unpaired) electrons. The second kappa shape index (κ2) is 6.39. The lowest BCUT2D eigenvalue weighted by atomic mass is 10.2. The Morgan fingerprint density at radius 2 is 1.35 bits per heavy atom. The molecule has 0 aliphatic heterocycles. The molecule has 3 heteroatoms. The van der Waals surface area contributed by atoms with E-state index < -0.39 is 13.2 Å². The molecule has 0 bridgehead atoms. The second-order valence-electron chi connectivity index (χ2n) is 5.05. The molecule has 1 N–H and O–H groups in total. The third-order valence-electron chi connectivity index (χ3n) is 3.72. The summed E-state index contributed by atoms with van der Waals surface area (Å²) in [5, 5.41) is 11.7. The number of aliphatic hydroxyl groups excluding tert-OH is 1. The molecule has 20 heavy (non-hydrogen) atoms. The molecule has 2 nitrogen and oxygen atoms in total. The van der Waals surface area contributed by atoms with Gasteiger partial charge in [-0.25, -0.2) is 0 Å². The third kappa shape index (κ3) is 2.72. The largest absolute Gasteiger partial charge is 0.393 e. The molecule has 0 spiro atoms. The molecule has 106 valence electrons. The molecule has 2 unspecified atom stereocenters. The zero-order valence-electron chi connectivity index (χ0n) is 11.9. The van der Waals surface area contributed by atoms with Crippen LogP contribution >= 0.6 is 7.14 Å². The number of aliphatic hydroxyl groups is 1. The average molecular weight is 288 g/mol. The Labute approximate surface area is 120 Å². The zero-order valence-corrected chi connectivity index (χ0v) is 12.8. The van der Waals surface area contributed by atoms with Gasteiger partial charge in [0.05, 0.1) is 6.10 Å². The molecule has 0 saturated carbocycles. The van der Waals surface area contributed by atoms with Crippen molar-refractivity contribution in [3.8, 4) is 0 Å². The van der Waals surface area contributed by atoms with Gasteiger partial charge in [-0.05, 0) is 13.3 Å². The van der Waals surface area contributed by atoms with Crippen LogP contribution in [-0.2, 0) is 4.57 Å². The van der Waals surface area contributed by atoms with Gasteiger partial charge in [-0.3, -0.25) is 0 Å². The van der Waals surface area contributed by atoms with Crippen molar-refractivity contribution in [3.05, 3.63) is 60.7 Å². The first-order chi connectivity index (χ1) is 9.60. The predicted molar refractivity (Wildman–Crippen MR) is 85.5 cm³/mol. The van der Waals surface area contributed by atoms with Gasteiger partial charge >= 0.3 is 0 Å². The van der Waals surface area contributed by atoms with Crippen LogP contribution in [-0.4, -0.2) is 16.9 Å². The van der Waals surface area contributed by atoms with Gasteiger partial charge in [0.25, 0.3) is 0 Å². The highest BCUT2D eigenvalue weighted by Crippen LogP contribution is 2.51. The summed E-state index contributed by atoms with van der Waals surface area (Å²) in [5.41, 5.74) is -0.257. The van der Waals surface area contributed by atoms with Gasteiger partial charge in [0.15, 0.2) is 0 Å². The second-order valence-corrected chi connectivity index (χ2v) is 8.06. The molecule has 2 rings (SSSR count). The lowest BCUT2D eigenvalue weighted by Crippen LogP contribution is -2.32. The smallest absolute Gasteiger partial charge is 0.148 e. The minimum Gasteiger partial charge on any atom is -0.393 e. The summed E-state index contributed by atoms with van der Waals surface area (Å²) in [6, 6.07) is 19.1. The molecule has 2 aromatic carbocycles. The first-order valence-electron chi connectivity index (χ1n) is 6.99. The van der Waals surface area contributed by atoms with Crippen molar-refractivity contribution < 1.29 is 9.67 Å². The minimum absolute atomic E-state index is 0.257. The van der Waals surface area contributed by atoms with Gasteiger partial charge in [-0.1, -0.05) is 67.6 Å². The van der Waals surface area contributed by atoms with Crippen LogP contribution in [0.2, 0.25) is 0 Å². The topological polar surface area (TPSA) is 37.3 Å². The Morgan fingerprint density at radius 3 is 1.65 bits per heavy atom. The fourth-order valence-corrected chi connectivity index (χ4v) is 6.15. The van der Waals surface area contributed by atoms with E-state index in [2.05, 4.69) is 0 Å². The minimum atomic E-state index is -2.84. The van der Waals surface area contributed by atoms with Crippen LogP contribution in [0, 0.1) is 0 Å². The third-order valence-corrected chi connectivity index (χ3v) is 7.58. The zero-order chi connectivity index (χ0) is 14.6. The SMILES string of the molecule is CCC(C(C)O)P(=O)(c1ccccc1)c1ccccc1. The van der Waals surface area contributed by atoms with E-state index in [1.165, 1.54) is 0 Å². The number of rotatable bonds is 5. The maximum Gasteiger partial charge on any atom is 0.148 e. The van der Waals surface area contributed by atoms with Crippen LogP contribution in [0.4, 0.5) is 0 Å². The Balaban J connectivity index is 2.64. The Hall–Kier alpha value is -1.37. The van der Waals surface area contributed by atoms with Crippen molar-refractivity contribution in [1.29, 1.82) is 0 Å². The normalized spacial score (nSPS) is 14.8. The first-order valence-corrected chi connectivity index (χ1v) is 8.77. The summed E-state index contributed by atoms with van der Waals surface area (Å²) in [6.07, 6.45) is 0.0740. The van der Waals surface area contributed by atoms with E-state index in [1.807, 2.05) is 67.6 Å². The van der Waals surface area contributed by atoms with Gasteiger partial charge in [-0.2, -0.15) is 0 Å². The Kier molecular flexibility index (Phi) is 4.80. The van der Waals surface area contributed by atoms with Crippen molar-refractivity contribution in [2.75, 3.05) is 0 Å². The number of hydrogen-bond donors (Lipinski definition) is 1. The molecular weight excluding hydrogens is 267 g/mol. The highest BCUT2D eigenvalue weighted by atomic mass is 31.2. The standard InChI is InChI=1S/C17H21O2P/c1-3-17(14(2)18)20(19,15-10-6-4-7-11-15)16-12-8-5-9-13-16/h4-14,17-18H,3H2,1-2H3. The van der Waals surface area contributed by atoms with Crippen LogP contribution in [0.15, 0.2) is 60.7 Å². The highest BCUT2D eigenvalue weighted by molar-refractivity contribution is 7.79. The molecule has 0 heterocycles. The van der Waals surface area contributed by atoms with Gasteiger partial charge in [0, 0.05) is 16.3 Å². The molecule has 0 amide bonds. The summed E-state index contributed by atoms with van der Waals surface area (Å²) < 4.78 is 13.8. The first kappa shape index (κ1) is 15.0. The van der Waals surface area contributed by atoms with Crippen LogP contribution < -0.4 is 10.6 Å². The lowest BCUT2D eigenvalue weighted by molar-refractivity contribution is 0.186. The quantitative estimate of drug-likeness (QED) is 0.858. The van der Waals surface area contributed by atoms with Crippen molar-refractivity contribution >= 4 is 17.8 Å². The van der Waals surface area contributed by atoms with E-state index in [-0.39, 0.29) is 5.66 Å². The van der Waals surface area contributed by atoms with Crippen LogP contribution in [0.3, 0.4) is 0 Å². The summed E-state index contributed by atoms with van der Waals surface area (Å²) in [5.74, 6) is 0. The van der Waals surface area contributed by atoms with E-state index in [0.717, 1.165) is 10.6 Å². The lowest BCUT2D eigenvalue weighted by Gasteiger charge is -2.30. The highest BCUT2D eigenvalue weighted by Gasteiger charge is 2.38. The van der Waals surface area contributed by atoms with Crippen molar-refractivity contribution in [3.63, 3.8) is 0 Å². The molecule has 0 aromatic heterocycles. The Bertz CT molecular complexity index is 535. The monoisotopic (exact) mass is 288 g/mol. The summed E-state index contributed by atoms with van der Waals surface area (Å²) in [7, 11) is -2.84. The molecule has 0 aliphatic rings. The predicted octanol–water partition coefficient (Wildman–Crippen LogP) is 3.16. The summed E-state index contributed by atoms with van der Waals surface area (Å²) in [6.45, 7) is 3.71. The number of benzene rings is 2. The average Bonchev–Trinajstić information content (AvgIpc) is 2.49. The van der Waals surface area contributed by atoms with Gasteiger partial charge in [0.1, 0.15) is 7.14 Å².